The predicted octanol–water partition coefficient (Wildman–Crippen LogP) is 6.44. The average Bonchev–Trinajstić information content (AvgIpc) is 2.99. The minimum atomic E-state index is -1.32. The van der Waals surface area contributed by atoms with Crippen LogP contribution in [-0.2, 0) is 11.2 Å². The smallest absolute Gasteiger partial charge is 0.347 e. The van der Waals surface area contributed by atoms with Gasteiger partial charge in [0.05, 0.1) is 28.9 Å². The lowest BCUT2D eigenvalue weighted by Gasteiger charge is -2.45. The van der Waals surface area contributed by atoms with Gasteiger partial charge in [-0.3, -0.25) is 9.78 Å². The largest absolute Gasteiger partial charge is 0.355 e. The van der Waals surface area contributed by atoms with E-state index in [1.807, 2.05) is 58.0 Å². The summed E-state index contributed by atoms with van der Waals surface area (Å²) in [4.78, 5) is 44.6. The highest BCUT2D eigenvalue weighted by Crippen LogP contribution is 2.37. The lowest BCUT2D eigenvalue weighted by atomic mass is 10.0. The van der Waals surface area contributed by atoms with Crippen molar-refractivity contribution in [1.82, 2.24) is 24.4 Å². The van der Waals surface area contributed by atoms with Gasteiger partial charge in [0.1, 0.15) is 5.82 Å². The Labute approximate surface area is 258 Å². The van der Waals surface area contributed by atoms with E-state index in [1.54, 1.807) is 39.6 Å². The number of anilines is 1. The highest BCUT2D eigenvalue weighted by Gasteiger charge is 2.34. The Morgan fingerprint density at radius 2 is 1.93 bits per heavy atom. The molecule has 1 aliphatic heterocycles. The van der Waals surface area contributed by atoms with Crippen LogP contribution in [0.25, 0.3) is 34.1 Å². The van der Waals surface area contributed by atoms with Crippen LogP contribution in [0.15, 0.2) is 66.6 Å². The maximum atomic E-state index is 14.3. The summed E-state index contributed by atoms with van der Waals surface area (Å²) in [5.74, 6) is 0.0599. The molecule has 1 aliphatic rings. The predicted molar refractivity (Wildman–Crippen MR) is 175 cm³/mol. The molecule has 0 N–H and O–H groups in total. The third-order valence-corrected chi connectivity index (χ3v) is 8.18. The van der Waals surface area contributed by atoms with Crippen LogP contribution < -0.4 is 10.6 Å². The number of aromatic nitrogens is 4. The fourth-order valence-electron chi connectivity index (χ4n) is 5.93. The number of benzene rings is 1. The number of carbonyl (C=O) groups excluding carboxylic acids is 1. The summed E-state index contributed by atoms with van der Waals surface area (Å²) in [7, 11) is 0. The summed E-state index contributed by atoms with van der Waals surface area (Å²) in [6.45, 7) is 17.7. The van der Waals surface area contributed by atoms with Crippen LogP contribution in [0, 0.1) is 0 Å². The number of piperazine rings is 1. The van der Waals surface area contributed by atoms with Gasteiger partial charge in [-0.05, 0) is 55.5 Å². The van der Waals surface area contributed by atoms with Crippen molar-refractivity contribution in [2.75, 3.05) is 18.0 Å². The zero-order chi connectivity index (χ0) is 31.9. The molecular formula is C34H37ClN6O2. The van der Waals surface area contributed by atoms with E-state index in [0.717, 1.165) is 22.4 Å². The topological polar surface area (TPSA) is 84.2 Å². The fourth-order valence-corrected chi connectivity index (χ4v) is 6.18. The maximum Gasteiger partial charge on any atom is 0.355 e. The highest BCUT2D eigenvalue weighted by atomic mass is 35.5. The maximum absolute atomic E-state index is 14.3. The van der Waals surface area contributed by atoms with Crippen molar-refractivity contribution in [3.63, 3.8) is 0 Å². The number of amides is 1. The third kappa shape index (κ3) is 5.36. The van der Waals surface area contributed by atoms with E-state index in [0.29, 0.717) is 46.2 Å². The van der Waals surface area contributed by atoms with Gasteiger partial charge >= 0.3 is 5.69 Å². The number of aryl methyl sites for hydroxylation is 1. The van der Waals surface area contributed by atoms with Crippen molar-refractivity contribution in [3.05, 3.63) is 94.2 Å². The van der Waals surface area contributed by atoms with Crippen LogP contribution in [0.1, 0.15) is 58.7 Å². The monoisotopic (exact) mass is 597 g/mol. The molecule has 43 heavy (non-hydrogen) atoms. The lowest BCUT2D eigenvalue weighted by molar-refractivity contribution is -0.127. The van der Waals surface area contributed by atoms with Gasteiger partial charge in [0, 0.05) is 36.9 Å². The first kappa shape index (κ1) is 28.8. The number of hydrogen-bond donors (Lipinski definition) is 0. The number of fused-ring (bicyclic) bond motifs is 1. The van der Waals surface area contributed by atoms with Gasteiger partial charge in [0.15, 0.2) is 5.65 Å². The van der Waals surface area contributed by atoms with E-state index in [-0.39, 0.29) is 24.4 Å². The van der Waals surface area contributed by atoms with Gasteiger partial charge in [-0.1, -0.05) is 75.9 Å². The Morgan fingerprint density at radius 3 is 2.58 bits per heavy atom. The minimum Gasteiger partial charge on any atom is -0.347 e. The second-order valence-electron chi connectivity index (χ2n) is 11.1. The second-order valence-corrected chi connectivity index (χ2v) is 11.5. The number of hydrogen-bond acceptors (Lipinski definition) is 6. The molecule has 0 saturated carbocycles. The lowest BCUT2D eigenvalue weighted by Crippen LogP contribution is -2.58. The molecule has 0 bridgehead atoms. The number of halogens is 1. The molecular weight excluding hydrogens is 560 g/mol. The van der Waals surface area contributed by atoms with Crippen LogP contribution in [0.5, 0.6) is 0 Å². The average molecular weight is 598 g/mol. The molecule has 3 aromatic heterocycles. The number of nitrogens with zero attached hydrogens (tertiary/aromatic N) is 6. The van der Waals surface area contributed by atoms with E-state index in [9.17, 15) is 11.0 Å². The van der Waals surface area contributed by atoms with Crippen molar-refractivity contribution in [1.29, 1.82) is 0 Å². The second kappa shape index (κ2) is 12.1. The van der Waals surface area contributed by atoms with E-state index in [2.05, 4.69) is 23.1 Å². The van der Waals surface area contributed by atoms with Crippen molar-refractivity contribution in [3.8, 4) is 16.9 Å². The molecule has 1 fully saturated rings. The first-order valence-corrected chi connectivity index (χ1v) is 14.8. The first-order valence-electron chi connectivity index (χ1n) is 15.0. The van der Waals surface area contributed by atoms with Crippen molar-refractivity contribution >= 4 is 40.4 Å². The summed E-state index contributed by atoms with van der Waals surface area (Å²) in [6.07, 6.45) is 5.42. The van der Waals surface area contributed by atoms with Crippen molar-refractivity contribution < 1.29 is 6.17 Å². The Hall–Kier alpha value is -4.30. The third-order valence-electron chi connectivity index (χ3n) is 7.90. The van der Waals surface area contributed by atoms with Crippen LogP contribution in [-0.4, -0.2) is 55.5 Å². The number of pyridine rings is 2. The van der Waals surface area contributed by atoms with E-state index in [4.69, 9.17) is 16.6 Å². The van der Waals surface area contributed by atoms with Crippen LogP contribution >= 0.6 is 11.6 Å². The normalized spacial score (nSPS) is 19.0. The summed E-state index contributed by atoms with van der Waals surface area (Å²) in [5, 5.41) is 0.884. The van der Waals surface area contributed by atoms with Gasteiger partial charge in [-0.2, -0.15) is 4.98 Å². The van der Waals surface area contributed by atoms with Gasteiger partial charge < -0.3 is 9.80 Å². The first-order chi connectivity index (χ1) is 20.9. The Morgan fingerprint density at radius 1 is 1.19 bits per heavy atom. The molecule has 0 spiro atoms. The van der Waals surface area contributed by atoms with E-state index in [1.165, 1.54) is 6.08 Å². The van der Waals surface area contributed by atoms with Crippen LogP contribution in [0.4, 0.5) is 5.82 Å². The molecule has 0 radical (unpaired) electrons. The molecule has 4 aromatic rings. The molecule has 4 heterocycles. The number of carbonyl (C=O) groups is 1. The molecule has 9 heteroatoms. The van der Waals surface area contributed by atoms with Crippen molar-refractivity contribution in [2.45, 2.75) is 59.0 Å². The Kier molecular flexibility index (Phi) is 8.13. The van der Waals surface area contributed by atoms with E-state index < -0.39 is 11.7 Å². The summed E-state index contributed by atoms with van der Waals surface area (Å²) < 4.78 is 10.9. The Bertz CT molecular complexity index is 1850. The van der Waals surface area contributed by atoms with Gasteiger partial charge in [0.2, 0.25) is 5.91 Å². The van der Waals surface area contributed by atoms with Crippen LogP contribution in [0.2, 0.25) is 5.02 Å². The molecule has 5 rings (SSSR count). The Balaban J connectivity index is 1.89. The SMILES string of the molecule is [2H][C@]1(C)CN(C(=O)C=C)C[C@H](C)N1c1nc(=O)n(-c2c(CC)ccnc2C(C)C)c2nc(-c3ccccc3C=C)c(Cl)cc12. The standard InChI is InChI=1S/C34H37ClN6O2/c1-8-23-13-11-12-14-25(23)30-27(35)17-26-32(37-30)41(31-24(9-2)15-16-36-29(31)20(4)5)34(43)38-33(26)40-21(6)18-39(19-22(40)7)28(42)10-3/h8,10-17,20-22H,1,3,9,18-19H2,2,4-7H3/t21-,22-/m0/s1/i21D. The summed E-state index contributed by atoms with van der Waals surface area (Å²) in [5.41, 5.74) is 4.27. The number of rotatable bonds is 7. The molecule has 0 aliphatic carbocycles. The fraction of sp³-hybridized carbons (Fsp3) is 0.324. The minimum absolute atomic E-state index is 0.0124. The molecule has 0 unspecified atom stereocenters. The quantitative estimate of drug-likeness (QED) is 0.228. The van der Waals surface area contributed by atoms with Crippen molar-refractivity contribution in [2.24, 2.45) is 0 Å². The molecule has 1 saturated heterocycles. The van der Waals surface area contributed by atoms with Gasteiger partial charge in [-0.25, -0.2) is 14.3 Å². The molecule has 8 nitrogen and oxygen atoms in total. The molecule has 2 atom stereocenters. The zero-order valence-corrected chi connectivity index (χ0v) is 26.0. The molecule has 222 valence electrons. The van der Waals surface area contributed by atoms with E-state index >= 15 is 0 Å². The molecule has 1 aromatic carbocycles. The van der Waals surface area contributed by atoms with Crippen LogP contribution in [0.3, 0.4) is 0 Å². The van der Waals surface area contributed by atoms with Gasteiger partial charge in [-0.15, -0.1) is 0 Å². The zero-order valence-electron chi connectivity index (χ0n) is 26.3. The summed E-state index contributed by atoms with van der Waals surface area (Å²) in [6, 6.07) is 9.69. The molecule has 1 amide bonds. The van der Waals surface area contributed by atoms with Gasteiger partial charge in [0.25, 0.3) is 0 Å². The highest BCUT2D eigenvalue weighted by molar-refractivity contribution is 6.34. The summed E-state index contributed by atoms with van der Waals surface area (Å²) >= 11 is 6.99.